The smallest absolute Gasteiger partial charge is 0.244 e. The summed E-state index contributed by atoms with van der Waals surface area (Å²) in [5, 5.41) is 3.62. The number of rotatable bonds is 9. The maximum atomic E-state index is 13.8. The molecule has 1 aliphatic heterocycles. The summed E-state index contributed by atoms with van der Waals surface area (Å²) in [6.45, 7) is 1.90. The summed E-state index contributed by atoms with van der Waals surface area (Å²) in [4.78, 5) is 20.8. The highest BCUT2D eigenvalue weighted by Crippen LogP contribution is 2.37. The van der Waals surface area contributed by atoms with Gasteiger partial charge in [-0.15, -0.1) is 0 Å². The number of nitrogens with one attached hydrogen (secondary N) is 1. The first-order valence-corrected chi connectivity index (χ1v) is 15.1. The molecule has 0 bridgehead atoms. The van der Waals surface area contributed by atoms with Crippen molar-refractivity contribution < 1.29 is 22.7 Å². The first kappa shape index (κ1) is 29.3. The van der Waals surface area contributed by atoms with Gasteiger partial charge >= 0.3 is 0 Å². The molecule has 0 unspecified atom stereocenters. The van der Waals surface area contributed by atoms with Gasteiger partial charge in [-0.25, -0.2) is 18.4 Å². The van der Waals surface area contributed by atoms with Crippen molar-refractivity contribution in [2.45, 2.75) is 43.4 Å². The maximum absolute atomic E-state index is 13.8. The van der Waals surface area contributed by atoms with Crippen LogP contribution < -0.4 is 10.1 Å². The molecular weight excluding hydrogens is 589 g/mol. The minimum absolute atomic E-state index is 0.00528. The molecule has 5 rings (SSSR count). The fourth-order valence-electron chi connectivity index (χ4n) is 5.06. The van der Waals surface area contributed by atoms with Gasteiger partial charge in [0.15, 0.2) is 0 Å². The number of ether oxygens (including phenoxy) is 2. The number of hydrogen-bond acceptors (Lipinski definition) is 7. The number of halogens is 2. The average Bonchev–Trinajstić information content (AvgIpc) is 3.63. The molecule has 41 heavy (non-hydrogen) atoms. The number of carbonyl (C=O) groups excluding carboxylic acids is 1. The van der Waals surface area contributed by atoms with Crippen LogP contribution >= 0.6 is 23.2 Å². The Morgan fingerprint density at radius 3 is 2.73 bits per heavy atom. The average molecular weight is 619 g/mol. The van der Waals surface area contributed by atoms with Crippen molar-refractivity contribution in [1.82, 2.24) is 24.2 Å². The van der Waals surface area contributed by atoms with Crippen LogP contribution in [0.5, 0.6) is 5.75 Å². The van der Waals surface area contributed by atoms with Crippen molar-refractivity contribution in [2.75, 3.05) is 20.7 Å². The van der Waals surface area contributed by atoms with Gasteiger partial charge in [-0.05, 0) is 37.6 Å². The third-order valence-electron chi connectivity index (χ3n) is 7.16. The molecule has 3 heterocycles. The number of nitrogens with zero attached hydrogens (tertiary/aromatic N) is 4. The molecule has 1 fully saturated rings. The Kier molecular flexibility index (Phi) is 8.53. The second kappa shape index (κ2) is 11.9. The van der Waals surface area contributed by atoms with Crippen LogP contribution in [0.4, 0.5) is 0 Å². The van der Waals surface area contributed by atoms with Crippen LogP contribution in [-0.4, -0.2) is 66.0 Å². The van der Waals surface area contributed by atoms with Crippen LogP contribution in [0.25, 0.3) is 16.6 Å². The first-order chi connectivity index (χ1) is 19.6. The van der Waals surface area contributed by atoms with E-state index in [1.165, 1.54) is 30.6 Å². The molecule has 10 nitrogen and oxygen atoms in total. The van der Waals surface area contributed by atoms with E-state index >= 15 is 0 Å². The van der Waals surface area contributed by atoms with Crippen LogP contribution in [0.1, 0.15) is 24.1 Å². The number of para-hydroxylation sites is 1. The molecule has 1 N–H and O–H groups in total. The van der Waals surface area contributed by atoms with Crippen LogP contribution in [0.2, 0.25) is 10.0 Å². The monoisotopic (exact) mass is 617 g/mol. The number of pyridine rings is 1. The van der Waals surface area contributed by atoms with E-state index in [2.05, 4.69) is 10.3 Å². The molecule has 0 radical (unpaired) electrons. The highest BCUT2D eigenvalue weighted by atomic mass is 35.5. The fourth-order valence-corrected chi connectivity index (χ4v) is 7.59. The largest absolute Gasteiger partial charge is 0.487 e. The Hall–Kier alpha value is -3.22. The molecule has 2 aromatic heterocycles. The van der Waals surface area contributed by atoms with E-state index in [0.29, 0.717) is 23.3 Å². The molecule has 4 aromatic rings. The van der Waals surface area contributed by atoms with Gasteiger partial charge < -0.3 is 19.4 Å². The number of carbonyl (C=O) groups is 1. The Labute approximate surface area is 248 Å². The number of imidazole rings is 1. The number of sulfonamides is 1. The predicted octanol–water partition coefficient (Wildman–Crippen LogP) is 4.53. The standard InChI is InChI=1S/C28H29Cl2N5O5S/c1-17-11-23(34-10-9-32-16-34)20-5-4-6-24(28(20)33-17)40-15-21-22(29)7-8-25(27(21)30)41(37,38)35-14-19(39-3)12-18(35)13-26(36)31-2/h4-11,16,18-19H,12-15H2,1-3H3,(H,31,36)/t18-,19-/m0/s1. The molecule has 216 valence electrons. The lowest BCUT2D eigenvalue weighted by molar-refractivity contribution is -0.121. The van der Waals surface area contributed by atoms with Crippen LogP contribution in [-0.2, 0) is 26.2 Å². The lowest BCUT2D eigenvalue weighted by Crippen LogP contribution is -2.39. The summed E-state index contributed by atoms with van der Waals surface area (Å²) in [6, 6.07) is 9.82. The number of fused-ring (bicyclic) bond motifs is 1. The van der Waals surface area contributed by atoms with Gasteiger partial charge in [0.2, 0.25) is 15.9 Å². The molecule has 1 aliphatic rings. The van der Waals surface area contributed by atoms with Crippen molar-refractivity contribution in [1.29, 1.82) is 0 Å². The van der Waals surface area contributed by atoms with Crippen molar-refractivity contribution in [3.8, 4) is 11.4 Å². The van der Waals surface area contributed by atoms with Gasteiger partial charge in [-0.2, -0.15) is 4.31 Å². The molecular formula is C28H29Cl2N5O5S. The Bertz CT molecular complexity index is 1700. The van der Waals surface area contributed by atoms with Gasteiger partial charge in [0.1, 0.15) is 22.8 Å². The highest BCUT2D eigenvalue weighted by Gasteiger charge is 2.42. The van der Waals surface area contributed by atoms with Gasteiger partial charge in [-0.1, -0.05) is 35.3 Å². The van der Waals surface area contributed by atoms with Gasteiger partial charge in [-0.3, -0.25) is 4.79 Å². The zero-order valence-corrected chi connectivity index (χ0v) is 25.0. The van der Waals surface area contributed by atoms with Crippen molar-refractivity contribution in [3.63, 3.8) is 0 Å². The molecule has 0 saturated carbocycles. The number of aromatic nitrogens is 3. The quantitative estimate of drug-likeness (QED) is 0.293. The summed E-state index contributed by atoms with van der Waals surface area (Å²) in [5.41, 5.74) is 2.63. The fraction of sp³-hybridized carbons (Fsp3) is 0.321. The predicted molar refractivity (Wildman–Crippen MR) is 156 cm³/mol. The third kappa shape index (κ3) is 5.77. The lowest BCUT2D eigenvalue weighted by atomic mass is 10.1. The van der Waals surface area contributed by atoms with Gasteiger partial charge in [0, 0.05) is 67.2 Å². The van der Waals surface area contributed by atoms with Gasteiger partial charge in [0.05, 0.1) is 23.1 Å². The van der Waals surface area contributed by atoms with Crippen LogP contribution in [0.15, 0.2) is 60.0 Å². The number of aryl methyl sites for hydroxylation is 1. The van der Waals surface area contributed by atoms with E-state index < -0.39 is 16.1 Å². The summed E-state index contributed by atoms with van der Waals surface area (Å²) in [6.07, 6.45) is 5.31. The normalized spacial score (nSPS) is 17.7. The summed E-state index contributed by atoms with van der Waals surface area (Å²) < 4.78 is 42.5. The zero-order chi connectivity index (χ0) is 29.3. The van der Waals surface area contributed by atoms with Crippen molar-refractivity contribution in [2.24, 2.45) is 0 Å². The molecule has 13 heteroatoms. The number of hydrogen-bond donors (Lipinski definition) is 1. The van der Waals surface area contributed by atoms with E-state index in [0.717, 1.165) is 16.8 Å². The summed E-state index contributed by atoms with van der Waals surface area (Å²) in [7, 11) is -1.07. The second-order valence-electron chi connectivity index (χ2n) is 9.73. The van der Waals surface area contributed by atoms with E-state index in [9.17, 15) is 13.2 Å². The molecule has 1 saturated heterocycles. The second-order valence-corrected chi connectivity index (χ2v) is 12.4. The molecule has 0 spiro atoms. The number of amides is 1. The topological polar surface area (TPSA) is 116 Å². The van der Waals surface area contributed by atoms with E-state index in [-0.39, 0.29) is 46.5 Å². The van der Waals surface area contributed by atoms with Crippen molar-refractivity contribution >= 4 is 50.0 Å². The molecule has 1 amide bonds. The lowest BCUT2D eigenvalue weighted by Gasteiger charge is -2.24. The summed E-state index contributed by atoms with van der Waals surface area (Å²) in [5.74, 6) is 0.222. The number of benzene rings is 2. The molecule has 2 aromatic carbocycles. The molecule has 0 aliphatic carbocycles. The van der Waals surface area contributed by atoms with Crippen LogP contribution in [0.3, 0.4) is 0 Å². The van der Waals surface area contributed by atoms with E-state index in [4.69, 9.17) is 37.7 Å². The Morgan fingerprint density at radius 1 is 1.22 bits per heavy atom. The summed E-state index contributed by atoms with van der Waals surface area (Å²) >= 11 is 13.2. The van der Waals surface area contributed by atoms with Crippen LogP contribution in [0, 0.1) is 6.92 Å². The third-order valence-corrected chi connectivity index (χ3v) is 10.0. The van der Waals surface area contributed by atoms with E-state index in [1.54, 1.807) is 18.6 Å². The Balaban J connectivity index is 1.47. The zero-order valence-electron chi connectivity index (χ0n) is 22.7. The van der Waals surface area contributed by atoms with Crippen molar-refractivity contribution in [3.05, 3.63) is 76.4 Å². The first-order valence-electron chi connectivity index (χ1n) is 12.9. The molecule has 2 atom stereocenters. The minimum atomic E-state index is -4.10. The van der Waals surface area contributed by atoms with E-state index in [1.807, 2.05) is 35.9 Å². The number of methoxy groups -OCH3 is 1. The van der Waals surface area contributed by atoms with Gasteiger partial charge in [0.25, 0.3) is 0 Å². The maximum Gasteiger partial charge on any atom is 0.244 e. The SMILES string of the molecule is CNC(=O)C[C@@H]1C[C@H](OC)CN1S(=O)(=O)c1ccc(Cl)c(COc2cccc3c(-n4ccnc4)cc(C)nc23)c1Cl. The Morgan fingerprint density at radius 2 is 2.02 bits per heavy atom. The minimum Gasteiger partial charge on any atom is -0.487 e. The highest BCUT2D eigenvalue weighted by molar-refractivity contribution is 7.89.